The second-order valence-corrected chi connectivity index (χ2v) is 5.03. The summed E-state index contributed by atoms with van der Waals surface area (Å²) in [4.78, 5) is 0. The maximum Gasteiger partial charge on any atom is 0.0968 e. The molecule has 1 fully saturated rings. The molecule has 2 aromatic rings. The van der Waals surface area contributed by atoms with Crippen LogP contribution in [0.25, 0.3) is 0 Å². The Morgan fingerprint density at radius 1 is 0.947 bits per heavy atom. The first kappa shape index (κ1) is 12.4. The molecule has 0 aromatic heterocycles. The SMILES string of the molecule is c1ccc(C(C[C@H]2COCN2)c2ccccc2)cc1. The highest BCUT2D eigenvalue weighted by molar-refractivity contribution is 5.32. The lowest BCUT2D eigenvalue weighted by molar-refractivity contribution is 0.188. The lowest BCUT2D eigenvalue weighted by atomic mass is 9.86. The van der Waals surface area contributed by atoms with E-state index in [2.05, 4.69) is 66.0 Å². The third kappa shape index (κ3) is 3.03. The molecular weight excluding hydrogens is 234 g/mol. The number of ether oxygens (including phenoxy) is 1. The van der Waals surface area contributed by atoms with Gasteiger partial charge in [0.15, 0.2) is 0 Å². The van der Waals surface area contributed by atoms with Crippen molar-refractivity contribution in [2.75, 3.05) is 13.3 Å². The Labute approximate surface area is 114 Å². The first-order valence-electron chi connectivity index (χ1n) is 6.84. The fraction of sp³-hybridized carbons (Fsp3) is 0.294. The molecule has 0 aliphatic carbocycles. The average Bonchev–Trinajstić information content (AvgIpc) is 3.00. The second-order valence-electron chi connectivity index (χ2n) is 5.03. The molecule has 1 saturated heterocycles. The van der Waals surface area contributed by atoms with Crippen molar-refractivity contribution in [2.24, 2.45) is 0 Å². The van der Waals surface area contributed by atoms with Gasteiger partial charge in [-0.1, -0.05) is 60.7 Å². The van der Waals surface area contributed by atoms with E-state index in [9.17, 15) is 0 Å². The Bertz CT molecular complexity index is 452. The smallest absolute Gasteiger partial charge is 0.0968 e. The maximum absolute atomic E-state index is 5.42. The molecule has 19 heavy (non-hydrogen) atoms. The second kappa shape index (κ2) is 6.00. The van der Waals surface area contributed by atoms with Crippen molar-refractivity contribution >= 4 is 0 Å². The highest BCUT2D eigenvalue weighted by atomic mass is 16.5. The molecule has 2 aromatic carbocycles. The Hall–Kier alpha value is -1.64. The minimum absolute atomic E-state index is 0.432. The summed E-state index contributed by atoms with van der Waals surface area (Å²) in [6.07, 6.45) is 1.08. The van der Waals surface area contributed by atoms with Crippen molar-refractivity contribution in [3.05, 3.63) is 71.8 Å². The van der Waals surface area contributed by atoms with E-state index >= 15 is 0 Å². The standard InChI is InChI=1S/C17H19NO/c1-3-7-14(8-4-1)17(11-16-12-19-13-18-16)15-9-5-2-6-10-15/h1-10,16-18H,11-13H2/t16-/m0/s1. The van der Waals surface area contributed by atoms with E-state index in [1.165, 1.54) is 11.1 Å². The van der Waals surface area contributed by atoms with Gasteiger partial charge in [0.2, 0.25) is 0 Å². The van der Waals surface area contributed by atoms with Gasteiger partial charge in [0.05, 0.1) is 13.3 Å². The van der Waals surface area contributed by atoms with Crippen LogP contribution >= 0.6 is 0 Å². The zero-order valence-corrected chi connectivity index (χ0v) is 11.0. The first-order chi connectivity index (χ1) is 9.43. The fourth-order valence-corrected chi connectivity index (χ4v) is 2.71. The minimum atomic E-state index is 0.432. The van der Waals surface area contributed by atoms with Gasteiger partial charge in [-0.2, -0.15) is 0 Å². The molecule has 1 heterocycles. The van der Waals surface area contributed by atoms with E-state index in [4.69, 9.17) is 4.74 Å². The number of benzene rings is 2. The van der Waals surface area contributed by atoms with Crippen LogP contribution in [0.15, 0.2) is 60.7 Å². The van der Waals surface area contributed by atoms with Gasteiger partial charge in [-0.3, -0.25) is 5.32 Å². The van der Waals surface area contributed by atoms with Crippen LogP contribution in [0, 0.1) is 0 Å². The van der Waals surface area contributed by atoms with Crippen molar-refractivity contribution in [3.63, 3.8) is 0 Å². The number of hydrogen-bond acceptors (Lipinski definition) is 2. The van der Waals surface area contributed by atoms with Crippen molar-refractivity contribution in [3.8, 4) is 0 Å². The molecule has 0 amide bonds. The molecule has 0 bridgehead atoms. The van der Waals surface area contributed by atoms with Gasteiger partial charge < -0.3 is 4.74 Å². The molecule has 0 unspecified atom stereocenters. The van der Waals surface area contributed by atoms with Crippen molar-refractivity contribution in [2.45, 2.75) is 18.4 Å². The Morgan fingerprint density at radius 2 is 1.53 bits per heavy atom. The largest absolute Gasteiger partial charge is 0.365 e. The molecule has 2 heteroatoms. The van der Waals surface area contributed by atoms with Gasteiger partial charge in [0.1, 0.15) is 0 Å². The van der Waals surface area contributed by atoms with Crippen LogP contribution in [-0.4, -0.2) is 19.4 Å². The van der Waals surface area contributed by atoms with Gasteiger partial charge in [-0.25, -0.2) is 0 Å². The molecule has 1 atom stereocenters. The molecule has 1 aliphatic heterocycles. The van der Waals surface area contributed by atoms with Gasteiger partial charge in [-0.15, -0.1) is 0 Å². The van der Waals surface area contributed by atoms with Crippen LogP contribution in [0.4, 0.5) is 0 Å². The Kier molecular flexibility index (Phi) is 3.92. The van der Waals surface area contributed by atoms with E-state index in [1.54, 1.807) is 0 Å². The highest BCUT2D eigenvalue weighted by Gasteiger charge is 2.22. The molecular formula is C17H19NO. The summed E-state index contributed by atoms with van der Waals surface area (Å²) in [5.74, 6) is 0.432. The van der Waals surface area contributed by atoms with Crippen molar-refractivity contribution < 1.29 is 4.74 Å². The van der Waals surface area contributed by atoms with Gasteiger partial charge >= 0.3 is 0 Å². The summed E-state index contributed by atoms with van der Waals surface area (Å²) >= 11 is 0. The molecule has 0 spiro atoms. The predicted molar refractivity (Wildman–Crippen MR) is 77.1 cm³/mol. The van der Waals surface area contributed by atoms with Crippen LogP contribution in [-0.2, 0) is 4.74 Å². The zero-order chi connectivity index (χ0) is 12.9. The van der Waals surface area contributed by atoms with Crippen molar-refractivity contribution in [1.29, 1.82) is 0 Å². The quantitative estimate of drug-likeness (QED) is 0.903. The van der Waals surface area contributed by atoms with Crippen LogP contribution in [0.5, 0.6) is 0 Å². The van der Waals surface area contributed by atoms with E-state index in [1.807, 2.05) is 0 Å². The number of rotatable bonds is 4. The summed E-state index contributed by atoms with van der Waals surface area (Å²) in [5, 5.41) is 3.40. The van der Waals surface area contributed by atoms with E-state index in [-0.39, 0.29) is 0 Å². The van der Waals surface area contributed by atoms with Gasteiger partial charge in [0, 0.05) is 12.0 Å². The summed E-state index contributed by atoms with van der Waals surface area (Å²) in [7, 11) is 0. The van der Waals surface area contributed by atoms with Crippen molar-refractivity contribution in [1.82, 2.24) is 5.32 Å². The van der Waals surface area contributed by atoms with E-state index in [0.717, 1.165) is 13.0 Å². The molecule has 2 nitrogen and oxygen atoms in total. The van der Waals surface area contributed by atoms with Gasteiger partial charge in [-0.05, 0) is 17.5 Å². The fourth-order valence-electron chi connectivity index (χ4n) is 2.71. The van der Waals surface area contributed by atoms with E-state index in [0.29, 0.717) is 18.7 Å². The topological polar surface area (TPSA) is 21.3 Å². The maximum atomic E-state index is 5.42. The predicted octanol–water partition coefficient (Wildman–Crippen LogP) is 3.15. The highest BCUT2D eigenvalue weighted by Crippen LogP contribution is 2.29. The minimum Gasteiger partial charge on any atom is -0.365 e. The zero-order valence-electron chi connectivity index (χ0n) is 11.0. The average molecular weight is 253 g/mol. The van der Waals surface area contributed by atoms with Crippen LogP contribution in [0.2, 0.25) is 0 Å². The first-order valence-corrected chi connectivity index (χ1v) is 6.84. The summed E-state index contributed by atoms with van der Waals surface area (Å²) < 4.78 is 5.42. The van der Waals surface area contributed by atoms with Crippen LogP contribution in [0.1, 0.15) is 23.5 Å². The molecule has 1 aliphatic rings. The third-order valence-corrected chi connectivity index (χ3v) is 3.72. The molecule has 0 radical (unpaired) electrons. The Morgan fingerprint density at radius 3 is 2.00 bits per heavy atom. The lowest BCUT2D eigenvalue weighted by Crippen LogP contribution is -2.26. The molecule has 3 rings (SSSR count). The third-order valence-electron chi connectivity index (χ3n) is 3.72. The normalized spacial score (nSPS) is 18.9. The molecule has 98 valence electrons. The summed E-state index contributed by atoms with van der Waals surface area (Å²) in [5.41, 5.74) is 2.75. The van der Waals surface area contributed by atoms with Crippen LogP contribution < -0.4 is 5.32 Å². The number of hydrogen-bond donors (Lipinski definition) is 1. The van der Waals surface area contributed by atoms with Gasteiger partial charge in [0.25, 0.3) is 0 Å². The Balaban J connectivity index is 1.87. The number of nitrogens with one attached hydrogen (secondary N) is 1. The molecule has 0 saturated carbocycles. The van der Waals surface area contributed by atoms with E-state index < -0.39 is 0 Å². The molecule has 1 N–H and O–H groups in total. The summed E-state index contributed by atoms with van der Waals surface area (Å²) in [6, 6.07) is 21.9. The monoisotopic (exact) mass is 253 g/mol. The lowest BCUT2D eigenvalue weighted by Gasteiger charge is -2.21. The summed E-state index contributed by atoms with van der Waals surface area (Å²) in [6.45, 7) is 1.50. The van der Waals surface area contributed by atoms with Crippen LogP contribution in [0.3, 0.4) is 0 Å².